The van der Waals surface area contributed by atoms with Crippen molar-refractivity contribution in [3.63, 3.8) is 0 Å². The number of hydrogen-bond donors (Lipinski definition) is 0. The summed E-state index contributed by atoms with van der Waals surface area (Å²) in [7, 11) is 0. The van der Waals surface area contributed by atoms with E-state index in [-0.39, 0.29) is 0 Å². The Bertz CT molecular complexity index is 743. The number of aromatic nitrogens is 2. The third-order valence-electron chi connectivity index (χ3n) is 5.29. The quantitative estimate of drug-likeness (QED) is 0.693. The van der Waals surface area contributed by atoms with Crippen LogP contribution in [-0.4, -0.2) is 65.9 Å². The SMILES string of the molecule is CCOc1nnc(CN2CCN(CCOc3ccc4c(c3)CCC4)CC2)s1. The number of ether oxygens (including phenoxy) is 2. The highest BCUT2D eigenvalue weighted by atomic mass is 32.1. The second-order valence-electron chi connectivity index (χ2n) is 7.15. The monoisotopic (exact) mass is 388 g/mol. The molecule has 1 saturated heterocycles. The maximum Gasteiger partial charge on any atom is 0.294 e. The Labute approximate surface area is 165 Å². The fraction of sp³-hybridized carbons (Fsp3) is 0.600. The van der Waals surface area contributed by atoms with Gasteiger partial charge in [0.05, 0.1) is 13.2 Å². The van der Waals surface area contributed by atoms with Crippen molar-refractivity contribution in [2.75, 3.05) is 45.9 Å². The minimum absolute atomic E-state index is 0.640. The zero-order valence-electron chi connectivity index (χ0n) is 16.0. The molecule has 27 heavy (non-hydrogen) atoms. The molecule has 0 atom stereocenters. The van der Waals surface area contributed by atoms with Crippen LogP contribution in [0.4, 0.5) is 0 Å². The van der Waals surface area contributed by atoms with Crippen LogP contribution in [0.5, 0.6) is 10.9 Å². The van der Waals surface area contributed by atoms with Gasteiger partial charge in [-0.3, -0.25) is 9.80 Å². The predicted octanol–water partition coefficient (Wildman–Crippen LogP) is 2.62. The number of rotatable bonds is 8. The van der Waals surface area contributed by atoms with Crippen LogP contribution < -0.4 is 9.47 Å². The van der Waals surface area contributed by atoms with Crippen LogP contribution in [0.15, 0.2) is 18.2 Å². The Hall–Kier alpha value is -1.70. The summed E-state index contributed by atoms with van der Waals surface area (Å²) in [5.41, 5.74) is 2.98. The second-order valence-corrected chi connectivity index (χ2v) is 8.17. The Morgan fingerprint density at radius 3 is 2.67 bits per heavy atom. The summed E-state index contributed by atoms with van der Waals surface area (Å²) in [6.07, 6.45) is 3.71. The lowest BCUT2D eigenvalue weighted by atomic mass is 10.1. The topological polar surface area (TPSA) is 50.7 Å². The van der Waals surface area contributed by atoms with Crippen molar-refractivity contribution in [3.8, 4) is 10.9 Å². The van der Waals surface area contributed by atoms with Gasteiger partial charge in [0.15, 0.2) is 0 Å². The summed E-state index contributed by atoms with van der Waals surface area (Å²) in [4.78, 5) is 4.92. The molecule has 0 spiro atoms. The van der Waals surface area contributed by atoms with Gasteiger partial charge in [-0.1, -0.05) is 17.4 Å². The molecule has 1 aromatic heterocycles. The normalized spacial score (nSPS) is 17.8. The van der Waals surface area contributed by atoms with E-state index in [2.05, 4.69) is 38.2 Å². The highest BCUT2D eigenvalue weighted by molar-refractivity contribution is 7.13. The molecule has 0 radical (unpaired) electrons. The Morgan fingerprint density at radius 1 is 1.00 bits per heavy atom. The Balaban J connectivity index is 1.16. The molecule has 6 nitrogen and oxygen atoms in total. The molecule has 1 aromatic carbocycles. The molecule has 1 aliphatic heterocycles. The fourth-order valence-corrected chi connectivity index (χ4v) is 4.57. The molecule has 0 bridgehead atoms. The first-order valence-corrected chi connectivity index (χ1v) is 10.8. The molecule has 1 aliphatic carbocycles. The molecule has 2 aromatic rings. The van der Waals surface area contributed by atoms with E-state index < -0.39 is 0 Å². The first-order chi connectivity index (χ1) is 13.3. The van der Waals surface area contributed by atoms with Gasteiger partial charge < -0.3 is 9.47 Å². The number of fused-ring (bicyclic) bond motifs is 1. The molecule has 0 saturated carbocycles. The van der Waals surface area contributed by atoms with E-state index in [0.29, 0.717) is 11.8 Å². The van der Waals surface area contributed by atoms with E-state index in [1.165, 1.54) is 30.4 Å². The zero-order valence-corrected chi connectivity index (χ0v) is 16.8. The van der Waals surface area contributed by atoms with Crippen molar-refractivity contribution in [2.45, 2.75) is 32.7 Å². The molecule has 0 unspecified atom stereocenters. The summed E-state index contributed by atoms with van der Waals surface area (Å²) < 4.78 is 11.4. The highest BCUT2D eigenvalue weighted by Gasteiger charge is 2.19. The lowest BCUT2D eigenvalue weighted by Crippen LogP contribution is -2.47. The fourth-order valence-electron chi connectivity index (χ4n) is 3.78. The van der Waals surface area contributed by atoms with Gasteiger partial charge in [0, 0.05) is 32.7 Å². The van der Waals surface area contributed by atoms with Crippen molar-refractivity contribution in [1.82, 2.24) is 20.0 Å². The van der Waals surface area contributed by atoms with Gasteiger partial charge in [0.25, 0.3) is 5.19 Å². The van der Waals surface area contributed by atoms with Crippen LogP contribution in [0.3, 0.4) is 0 Å². The predicted molar refractivity (Wildman–Crippen MR) is 107 cm³/mol. The zero-order chi connectivity index (χ0) is 18.5. The molecular formula is C20H28N4O2S. The number of aryl methyl sites for hydroxylation is 2. The first-order valence-electron chi connectivity index (χ1n) is 9.94. The van der Waals surface area contributed by atoms with Gasteiger partial charge in [-0.15, -0.1) is 10.2 Å². The van der Waals surface area contributed by atoms with E-state index in [1.54, 1.807) is 11.3 Å². The van der Waals surface area contributed by atoms with Gasteiger partial charge in [-0.25, -0.2) is 0 Å². The standard InChI is InChI=1S/C20H28N4O2S/c1-2-25-20-22-21-19(27-20)15-24-10-8-23(9-11-24)12-13-26-18-7-6-16-4-3-5-17(16)14-18/h6-7,14H,2-5,8-13,15H2,1H3. The minimum atomic E-state index is 0.640. The van der Waals surface area contributed by atoms with Crippen molar-refractivity contribution in [2.24, 2.45) is 0 Å². The van der Waals surface area contributed by atoms with Crippen LogP contribution in [0.25, 0.3) is 0 Å². The van der Waals surface area contributed by atoms with Crippen molar-refractivity contribution in [3.05, 3.63) is 34.3 Å². The molecule has 7 heteroatoms. The molecule has 4 rings (SSSR count). The average Bonchev–Trinajstić information content (AvgIpc) is 3.32. The lowest BCUT2D eigenvalue weighted by Gasteiger charge is -2.34. The molecule has 0 amide bonds. The van der Waals surface area contributed by atoms with Crippen LogP contribution in [0, 0.1) is 0 Å². The minimum Gasteiger partial charge on any atom is -0.492 e. The van der Waals surface area contributed by atoms with Crippen LogP contribution in [0.1, 0.15) is 29.5 Å². The van der Waals surface area contributed by atoms with Crippen molar-refractivity contribution >= 4 is 11.3 Å². The summed E-state index contributed by atoms with van der Waals surface area (Å²) in [6.45, 7) is 9.48. The lowest BCUT2D eigenvalue weighted by molar-refractivity contribution is 0.112. The van der Waals surface area contributed by atoms with Gasteiger partial charge in [0.2, 0.25) is 0 Å². The molecule has 2 aliphatic rings. The van der Waals surface area contributed by atoms with Gasteiger partial charge in [-0.05, 0) is 49.4 Å². The summed E-state index contributed by atoms with van der Waals surface area (Å²) >= 11 is 1.55. The van der Waals surface area contributed by atoms with Crippen molar-refractivity contribution in [1.29, 1.82) is 0 Å². The number of nitrogens with zero attached hydrogens (tertiary/aromatic N) is 4. The van der Waals surface area contributed by atoms with Gasteiger partial charge >= 0.3 is 0 Å². The summed E-state index contributed by atoms with van der Waals surface area (Å²) in [6, 6.07) is 6.60. The van der Waals surface area contributed by atoms with E-state index in [0.717, 1.165) is 56.6 Å². The highest BCUT2D eigenvalue weighted by Crippen LogP contribution is 2.26. The van der Waals surface area contributed by atoms with Crippen LogP contribution in [0.2, 0.25) is 0 Å². The van der Waals surface area contributed by atoms with E-state index in [9.17, 15) is 0 Å². The van der Waals surface area contributed by atoms with E-state index in [4.69, 9.17) is 9.47 Å². The first kappa shape index (κ1) is 18.7. The van der Waals surface area contributed by atoms with Crippen LogP contribution in [-0.2, 0) is 19.4 Å². The molecule has 0 N–H and O–H groups in total. The van der Waals surface area contributed by atoms with Crippen LogP contribution >= 0.6 is 11.3 Å². The number of piperazine rings is 1. The third-order valence-corrected chi connectivity index (χ3v) is 6.11. The van der Waals surface area contributed by atoms with E-state index >= 15 is 0 Å². The number of hydrogen-bond acceptors (Lipinski definition) is 7. The Morgan fingerprint density at radius 2 is 1.81 bits per heavy atom. The maximum atomic E-state index is 6.00. The van der Waals surface area contributed by atoms with Gasteiger partial charge in [0.1, 0.15) is 17.4 Å². The summed E-state index contributed by atoms with van der Waals surface area (Å²) in [5, 5.41) is 10.0. The van der Waals surface area contributed by atoms with Gasteiger partial charge in [-0.2, -0.15) is 0 Å². The molecular weight excluding hydrogens is 360 g/mol. The Kier molecular flexibility index (Phi) is 6.21. The second kappa shape index (κ2) is 8.99. The number of benzene rings is 1. The smallest absolute Gasteiger partial charge is 0.294 e. The van der Waals surface area contributed by atoms with Crippen molar-refractivity contribution < 1.29 is 9.47 Å². The molecule has 2 heterocycles. The van der Waals surface area contributed by atoms with E-state index in [1.807, 2.05) is 6.92 Å². The summed E-state index contributed by atoms with van der Waals surface area (Å²) in [5.74, 6) is 1.02. The maximum absolute atomic E-state index is 6.00. The largest absolute Gasteiger partial charge is 0.492 e. The molecule has 1 fully saturated rings. The third kappa shape index (κ3) is 4.97. The molecule has 146 valence electrons. The average molecular weight is 389 g/mol.